The van der Waals surface area contributed by atoms with Crippen LogP contribution in [-0.2, 0) is 11.3 Å². The van der Waals surface area contributed by atoms with Crippen LogP contribution in [0, 0.1) is 0 Å². The van der Waals surface area contributed by atoms with Crippen molar-refractivity contribution in [3.05, 3.63) is 42.2 Å². The van der Waals surface area contributed by atoms with Crippen molar-refractivity contribution in [2.24, 2.45) is 0 Å². The number of aromatic nitrogens is 1. The molecule has 0 atom stereocenters. The van der Waals surface area contributed by atoms with E-state index >= 15 is 0 Å². The Hall–Kier alpha value is -1.45. The highest BCUT2D eigenvalue weighted by Gasteiger charge is 2.00. The standard InChI is InChI=1S/C16H22N2O/c1-2-3-9-19-10-8-17-12-15-13-18-11-14-6-4-5-7-16(14)15/h4-7,11,13,17H,2-3,8-10,12H2,1H3. The zero-order chi connectivity index (χ0) is 13.3. The lowest BCUT2D eigenvalue weighted by atomic mass is 10.1. The Balaban J connectivity index is 1.78. The molecule has 0 aliphatic carbocycles. The highest BCUT2D eigenvalue weighted by molar-refractivity contribution is 5.84. The van der Waals surface area contributed by atoms with Crippen LogP contribution in [0.1, 0.15) is 25.3 Å². The van der Waals surface area contributed by atoms with Crippen LogP contribution in [0.5, 0.6) is 0 Å². The summed E-state index contributed by atoms with van der Waals surface area (Å²) >= 11 is 0. The monoisotopic (exact) mass is 258 g/mol. The van der Waals surface area contributed by atoms with Crippen LogP contribution in [0.2, 0.25) is 0 Å². The third kappa shape index (κ3) is 4.30. The van der Waals surface area contributed by atoms with Gasteiger partial charge in [-0.15, -0.1) is 0 Å². The summed E-state index contributed by atoms with van der Waals surface area (Å²) in [6.07, 6.45) is 6.18. The maximum Gasteiger partial charge on any atom is 0.0591 e. The minimum Gasteiger partial charge on any atom is -0.380 e. The molecular formula is C16H22N2O. The summed E-state index contributed by atoms with van der Waals surface area (Å²) in [6, 6.07) is 8.36. The van der Waals surface area contributed by atoms with Crippen molar-refractivity contribution in [1.82, 2.24) is 10.3 Å². The molecule has 0 aliphatic rings. The maximum atomic E-state index is 5.52. The molecule has 3 heteroatoms. The number of rotatable bonds is 8. The van der Waals surface area contributed by atoms with E-state index in [9.17, 15) is 0 Å². The molecule has 2 rings (SSSR count). The van der Waals surface area contributed by atoms with Crippen molar-refractivity contribution in [2.75, 3.05) is 19.8 Å². The van der Waals surface area contributed by atoms with E-state index in [-0.39, 0.29) is 0 Å². The molecule has 1 heterocycles. The first-order valence-corrected chi connectivity index (χ1v) is 7.02. The van der Waals surface area contributed by atoms with Gasteiger partial charge in [0, 0.05) is 37.5 Å². The summed E-state index contributed by atoms with van der Waals surface area (Å²) in [5, 5.41) is 5.88. The number of fused-ring (bicyclic) bond motifs is 1. The van der Waals surface area contributed by atoms with Gasteiger partial charge >= 0.3 is 0 Å². The van der Waals surface area contributed by atoms with Gasteiger partial charge in [0.25, 0.3) is 0 Å². The molecule has 1 aromatic heterocycles. The van der Waals surface area contributed by atoms with Crippen molar-refractivity contribution < 1.29 is 4.74 Å². The molecule has 1 N–H and O–H groups in total. The fraction of sp³-hybridized carbons (Fsp3) is 0.438. The van der Waals surface area contributed by atoms with Crippen LogP contribution in [0.3, 0.4) is 0 Å². The molecule has 0 spiro atoms. The van der Waals surface area contributed by atoms with Gasteiger partial charge in [-0.25, -0.2) is 0 Å². The summed E-state index contributed by atoms with van der Waals surface area (Å²) < 4.78 is 5.52. The number of unbranched alkanes of at least 4 members (excludes halogenated alkanes) is 1. The van der Waals surface area contributed by atoms with E-state index in [0.29, 0.717) is 0 Å². The second-order valence-electron chi connectivity index (χ2n) is 4.66. The molecule has 0 saturated heterocycles. The predicted molar refractivity (Wildman–Crippen MR) is 79.2 cm³/mol. The lowest BCUT2D eigenvalue weighted by molar-refractivity contribution is 0.133. The van der Waals surface area contributed by atoms with Crippen LogP contribution >= 0.6 is 0 Å². The summed E-state index contributed by atoms with van der Waals surface area (Å²) in [4.78, 5) is 4.28. The average Bonchev–Trinajstić information content (AvgIpc) is 2.46. The van der Waals surface area contributed by atoms with Gasteiger partial charge in [-0.3, -0.25) is 4.98 Å². The van der Waals surface area contributed by atoms with Gasteiger partial charge in [0.2, 0.25) is 0 Å². The van der Waals surface area contributed by atoms with Crippen molar-refractivity contribution >= 4 is 10.8 Å². The molecule has 0 saturated carbocycles. The van der Waals surface area contributed by atoms with Gasteiger partial charge in [0.1, 0.15) is 0 Å². The zero-order valence-corrected chi connectivity index (χ0v) is 11.6. The smallest absolute Gasteiger partial charge is 0.0591 e. The van der Waals surface area contributed by atoms with Gasteiger partial charge in [-0.2, -0.15) is 0 Å². The zero-order valence-electron chi connectivity index (χ0n) is 11.6. The summed E-state index contributed by atoms with van der Waals surface area (Å²) in [7, 11) is 0. The van der Waals surface area contributed by atoms with E-state index in [0.717, 1.165) is 32.7 Å². The summed E-state index contributed by atoms with van der Waals surface area (Å²) in [6.45, 7) is 5.54. The van der Waals surface area contributed by atoms with Gasteiger partial charge in [0.15, 0.2) is 0 Å². The third-order valence-corrected chi connectivity index (χ3v) is 3.13. The van der Waals surface area contributed by atoms with E-state index < -0.39 is 0 Å². The Labute approximate surface area is 115 Å². The number of hydrogen-bond acceptors (Lipinski definition) is 3. The SMILES string of the molecule is CCCCOCCNCc1cncc2ccccc12. The van der Waals surface area contributed by atoms with E-state index in [1.807, 2.05) is 18.5 Å². The normalized spacial score (nSPS) is 11.0. The molecule has 0 amide bonds. The van der Waals surface area contributed by atoms with Gasteiger partial charge < -0.3 is 10.1 Å². The van der Waals surface area contributed by atoms with E-state index in [4.69, 9.17) is 4.74 Å². The molecule has 19 heavy (non-hydrogen) atoms. The van der Waals surface area contributed by atoms with E-state index in [1.54, 1.807) is 0 Å². The number of benzene rings is 1. The summed E-state index contributed by atoms with van der Waals surface area (Å²) in [5.41, 5.74) is 1.24. The maximum absolute atomic E-state index is 5.52. The number of hydrogen-bond donors (Lipinski definition) is 1. The van der Waals surface area contributed by atoms with Crippen molar-refractivity contribution in [1.29, 1.82) is 0 Å². The second kappa shape index (κ2) is 7.87. The molecule has 0 fully saturated rings. The van der Waals surface area contributed by atoms with E-state index in [2.05, 4.69) is 35.4 Å². The van der Waals surface area contributed by atoms with Crippen LogP contribution < -0.4 is 5.32 Å². The Morgan fingerprint density at radius 3 is 2.95 bits per heavy atom. The van der Waals surface area contributed by atoms with Gasteiger partial charge in [-0.05, 0) is 17.4 Å². The fourth-order valence-corrected chi connectivity index (χ4v) is 2.04. The average molecular weight is 258 g/mol. The van der Waals surface area contributed by atoms with Gasteiger partial charge in [0.05, 0.1) is 6.61 Å². The largest absolute Gasteiger partial charge is 0.380 e. The number of ether oxygens (including phenoxy) is 1. The molecule has 0 aliphatic heterocycles. The fourth-order valence-electron chi connectivity index (χ4n) is 2.04. The minimum absolute atomic E-state index is 0.776. The van der Waals surface area contributed by atoms with Crippen LogP contribution in [0.4, 0.5) is 0 Å². The third-order valence-electron chi connectivity index (χ3n) is 3.13. The molecule has 0 radical (unpaired) electrons. The lowest BCUT2D eigenvalue weighted by Crippen LogP contribution is -2.19. The van der Waals surface area contributed by atoms with Crippen LogP contribution in [0.15, 0.2) is 36.7 Å². The first-order valence-electron chi connectivity index (χ1n) is 7.02. The topological polar surface area (TPSA) is 34.1 Å². The number of nitrogens with one attached hydrogen (secondary N) is 1. The highest BCUT2D eigenvalue weighted by Crippen LogP contribution is 2.16. The van der Waals surface area contributed by atoms with E-state index in [1.165, 1.54) is 22.8 Å². The first kappa shape index (κ1) is 14.0. The Kier molecular flexibility index (Phi) is 5.79. The Morgan fingerprint density at radius 1 is 1.16 bits per heavy atom. The molecule has 3 nitrogen and oxygen atoms in total. The van der Waals surface area contributed by atoms with Crippen molar-refractivity contribution in [3.8, 4) is 0 Å². The molecule has 102 valence electrons. The number of nitrogens with zero attached hydrogens (tertiary/aromatic N) is 1. The second-order valence-corrected chi connectivity index (χ2v) is 4.66. The predicted octanol–water partition coefficient (Wildman–Crippen LogP) is 3.14. The quantitative estimate of drug-likeness (QED) is 0.739. The van der Waals surface area contributed by atoms with Crippen molar-refractivity contribution in [3.63, 3.8) is 0 Å². The van der Waals surface area contributed by atoms with Crippen LogP contribution in [-0.4, -0.2) is 24.7 Å². The van der Waals surface area contributed by atoms with Crippen molar-refractivity contribution in [2.45, 2.75) is 26.3 Å². The Bertz CT molecular complexity index is 494. The number of pyridine rings is 1. The summed E-state index contributed by atoms with van der Waals surface area (Å²) in [5.74, 6) is 0. The molecule has 2 aromatic rings. The highest BCUT2D eigenvalue weighted by atomic mass is 16.5. The molecular weight excluding hydrogens is 236 g/mol. The molecule has 0 bridgehead atoms. The van der Waals surface area contributed by atoms with Crippen LogP contribution in [0.25, 0.3) is 10.8 Å². The minimum atomic E-state index is 0.776. The van der Waals surface area contributed by atoms with Gasteiger partial charge in [-0.1, -0.05) is 37.6 Å². The lowest BCUT2D eigenvalue weighted by Gasteiger charge is -2.08. The Morgan fingerprint density at radius 2 is 2.05 bits per heavy atom. The molecule has 0 unspecified atom stereocenters. The first-order chi connectivity index (χ1) is 9.42. The molecule has 1 aromatic carbocycles.